The SMILES string of the molecule is CCCCCCC(=O)O[C@H]1CC[C@H]2[C@@H]3CC[C@@H]4CC(=O)CC[C@]4(C)[C@H]3CC[C@]12C. The van der Waals surface area contributed by atoms with Crippen LogP contribution >= 0.6 is 0 Å². The topological polar surface area (TPSA) is 43.4 Å². The Morgan fingerprint density at radius 2 is 1.76 bits per heavy atom. The van der Waals surface area contributed by atoms with Crippen LogP contribution in [0.3, 0.4) is 0 Å². The molecule has 0 radical (unpaired) electrons. The normalized spacial score (nSPS) is 44.0. The van der Waals surface area contributed by atoms with Gasteiger partial charge in [-0.25, -0.2) is 0 Å². The van der Waals surface area contributed by atoms with Gasteiger partial charge in [0, 0.05) is 24.7 Å². The van der Waals surface area contributed by atoms with Crippen LogP contribution in [0.2, 0.25) is 0 Å². The molecule has 0 aromatic heterocycles. The van der Waals surface area contributed by atoms with Crippen molar-refractivity contribution >= 4 is 11.8 Å². The Labute approximate surface area is 177 Å². The molecule has 29 heavy (non-hydrogen) atoms. The first kappa shape index (κ1) is 21.4. The van der Waals surface area contributed by atoms with Crippen LogP contribution in [0.5, 0.6) is 0 Å². The number of ketones is 1. The summed E-state index contributed by atoms with van der Waals surface area (Å²) < 4.78 is 6.11. The quantitative estimate of drug-likeness (QED) is 0.377. The Morgan fingerprint density at radius 3 is 2.55 bits per heavy atom. The van der Waals surface area contributed by atoms with Crippen LogP contribution in [0.4, 0.5) is 0 Å². The van der Waals surface area contributed by atoms with Crippen LogP contribution in [-0.4, -0.2) is 17.9 Å². The van der Waals surface area contributed by atoms with Gasteiger partial charge in [0.15, 0.2) is 0 Å². The molecule has 0 heterocycles. The van der Waals surface area contributed by atoms with Gasteiger partial charge in [-0.05, 0) is 80.5 Å². The van der Waals surface area contributed by atoms with E-state index >= 15 is 0 Å². The molecule has 0 N–H and O–H groups in total. The Kier molecular flexibility index (Phi) is 6.15. The van der Waals surface area contributed by atoms with Crippen molar-refractivity contribution in [1.29, 1.82) is 0 Å². The third-order valence-corrected chi connectivity index (χ3v) is 9.90. The molecule has 0 aromatic rings. The number of fused-ring (bicyclic) bond motifs is 5. The molecule has 164 valence electrons. The summed E-state index contributed by atoms with van der Waals surface area (Å²) in [5.41, 5.74) is 0.542. The molecule has 0 amide bonds. The lowest BCUT2D eigenvalue weighted by Gasteiger charge is -2.60. The molecule has 0 aromatic carbocycles. The molecular weight excluding hydrogens is 360 g/mol. The monoisotopic (exact) mass is 402 g/mol. The Hall–Kier alpha value is -0.860. The maximum absolute atomic E-state index is 12.5. The smallest absolute Gasteiger partial charge is 0.306 e. The van der Waals surface area contributed by atoms with Gasteiger partial charge < -0.3 is 4.74 Å². The van der Waals surface area contributed by atoms with E-state index in [4.69, 9.17) is 4.74 Å². The average Bonchev–Trinajstić information content (AvgIpc) is 3.02. The van der Waals surface area contributed by atoms with E-state index in [2.05, 4.69) is 20.8 Å². The molecule has 0 saturated heterocycles. The number of carbonyl (C=O) groups excluding carboxylic acids is 2. The van der Waals surface area contributed by atoms with Crippen molar-refractivity contribution in [1.82, 2.24) is 0 Å². The van der Waals surface area contributed by atoms with Crippen molar-refractivity contribution in [2.75, 3.05) is 0 Å². The fraction of sp³-hybridized carbons (Fsp3) is 0.923. The molecule has 4 saturated carbocycles. The van der Waals surface area contributed by atoms with Gasteiger partial charge in [-0.2, -0.15) is 0 Å². The predicted octanol–water partition coefficient (Wildman–Crippen LogP) is 6.48. The highest BCUT2D eigenvalue weighted by molar-refractivity contribution is 5.79. The maximum Gasteiger partial charge on any atom is 0.306 e. The second-order valence-electron chi connectivity index (χ2n) is 11.3. The summed E-state index contributed by atoms with van der Waals surface area (Å²) in [6.45, 7) is 7.13. The molecule has 4 aliphatic rings. The highest BCUT2D eigenvalue weighted by Crippen LogP contribution is 2.66. The first-order valence-electron chi connectivity index (χ1n) is 12.6. The van der Waals surface area contributed by atoms with Crippen molar-refractivity contribution in [2.45, 2.75) is 117 Å². The molecule has 3 heteroatoms. The number of ether oxygens (including phenoxy) is 1. The number of esters is 1. The van der Waals surface area contributed by atoms with Crippen LogP contribution in [-0.2, 0) is 14.3 Å². The van der Waals surface area contributed by atoms with E-state index in [0.29, 0.717) is 29.5 Å². The van der Waals surface area contributed by atoms with Gasteiger partial charge in [-0.3, -0.25) is 9.59 Å². The number of Topliss-reactive ketones (excluding diaryl/α,β-unsaturated/α-hetero) is 1. The predicted molar refractivity (Wildman–Crippen MR) is 115 cm³/mol. The minimum Gasteiger partial charge on any atom is -0.462 e. The standard InChI is InChI=1S/C26H42O3/c1-4-5-6-7-8-24(28)29-23-12-11-21-20-10-9-18-17-19(27)13-15-25(18,2)22(20)14-16-26(21,23)3/h18,20-23H,4-17H2,1-3H3/t18-,20+,21+,22+,23+,25+,26+/m1/s1. The van der Waals surface area contributed by atoms with E-state index in [0.717, 1.165) is 50.4 Å². The lowest BCUT2D eigenvalue weighted by molar-refractivity contribution is -0.164. The third-order valence-electron chi connectivity index (χ3n) is 9.90. The van der Waals surface area contributed by atoms with Gasteiger partial charge in [0.2, 0.25) is 0 Å². The van der Waals surface area contributed by atoms with Crippen molar-refractivity contribution in [3.05, 3.63) is 0 Å². The number of carbonyl (C=O) groups is 2. The zero-order valence-electron chi connectivity index (χ0n) is 19.0. The van der Waals surface area contributed by atoms with Crippen LogP contribution in [0.1, 0.15) is 111 Å². The van der Waals surface area contributed by atoms with Crippen LogP contribution in [0.25, 0.3) is 0 Å². The van der Waals surface area contributed by atoms with Gasteiger partial charge in [0.25, 0.3) is 0 Å². The Bertz CT molecular complexity index is 627. The number of hydrogen-bond donors (Lipinski definition) is 0. The summed E-state index contributed by atoms with van der Waals surface area (Å²) in [7, 11) is 0. The summed E-state index contributed by atoms with van der Waals surface area (Å²) in [6.07, 6.45) is 15.3. The molecule has 0 aliphatic heterocycles. The largest absolute Gasteiger partial charge is 0.462 e. The van der Waals surface area contributed by atoms with E-state index in [1.807, 2.05) is 0 Å². The van der Waals surface area contributed by atoms with Gasteiger partial charge in [-0.1, -0.05) is 40.0 Å². The van der Waals surface area contributed by atoms with Crippen molar-refractivity contribution < 1.29 is 14.3 Å². The van der Waals surface area contributed by atoms with Gasteiger partial charge in [0.05, 0.1) is 0 Å². The lowest BCUT2D eigenvalue weighted by atomic mass is 9.45. The fourth-order valence-electron chi connectivity index (χ4n) is 8.10. The molecule has 0 spiro atoms. The van der Waals surface area contributed by atoms with Gasteiger partial charge >= 0.3 is 5.97 Å². The lowest BCUT2D eigenvalue weighted by Crippen LogP contribution is -2.54. The van der Waals surface area contributed by atoms with Crippen molar-refractivity contribution in [3.8, 4) is 0 Å². The highest BCUT2D eigenvalue weighted by Gasteiger charge is 2.61. The second kappa shape index (κ2) is 8.35. The number of rotatable bonds is 6. The summed E-state index contributed by atoms with van der Waals surface area (Å²) >= 11 is 0. The molecule has 7 atom stereocenters. The van der Waals surface area contributed by atoms with Crippen LogP contribution < -0.4 is 0 Å². The van der Waals surface area contributed by atoms with Crippen molar-refractivity contribution in [2.24, 2.45) is 34.5 Å². The van der Waals surface area contributed by atoms with E-state index in [-0.39, 0.29) is 17.5 Å². The van der Waals surface area contributed by atoms with Gasteiger partial charge in [0.1, 0.15) is 11.9 Å². The molecule has 0 bridgehead atoms. The van der Waals surface area contributed by atoms with Gasteiger partial charge in [-0.15, -0.1) is 0 Å². The minimum atomic E-state index is 0.0385. The third kappa shape index (κ3) is 3.81. The average molecular weight is 403 g/mol. The summed E-state index contributed by atoms with van der Waals surface area (Å²) in [5.74, 6) is 3.41. The second-order valence-corrected chi connectivity index (χ2v) is 11.3. The molecular formula is C26H42O3. The van der Waals surface area contributed by atoms with E-state index in [1.165, 1.54) is 44.9 Å². The maximum atomic E-state index is 12.5. The molecule has 4 fully saturated rings. The number of unbranched alkanes of at least 4 members (excludes halogenated alkanes) is 3. The van der Waals surface area contributed by atoms with Crippen molar-refractivity contribution in [3.63, 3.8) is 0 Å². The molecule has 4 aliphatic carbocycles. The minimum absolute atomic E-state index is 0.0385. The van der Waals surface area contributed by atoms with Crippen LogP contribution in [0, 0.1) is 34.5 Å². The Balaban J connectivity index is 1.41. The first-order valence-corrected chi connectivity index (χ1v) is 12.6. The fourth-order valence-corrected chi connectivity index (χ4v) is 8.10. The first-order chi connectivity index (χ1) is 13.9. The van der Waals surface area contributed by atoms with E-state index in [9.17, 15) is 9.59 Å². The zero-order chi connectivity index (χ0) is 20.6. The molecule has 3 nitrogen and oxygen atoms in total. The summed E-state index contributed by atoms with van der Waals surface area (Å²) in [4.78, 5) is 24.5. The Morgan fingerprint density at radius 1 is 0.966 bits per heavy atom. The number of hydrogen-bond acceptors (Lipinski definition) is 3. The zero-order valence-corrected chi connectivity index (χ0v) is 19.0. The summed E-state index contributed by atoms with van der Waals surface area (Å²) in [5, 5.41) is 0. The van der Waals surface area contributed by atoms with E-state index in [1.54, 1.807) is 0 Å². The molecule has 0 unspecified atom stereocenters. The summed E-state index contributed by atoms with van der Waals surface area (Å²) in [6, 6.07) is 0. The van der Waals surface area contributed by atoms with Crippen LogP contribution in [0.15, 0.2) is 0 Å². The highest BCUT2D eigenvalue weighted by atomic mass is 16.5. The molecule has 4 rings (SSSR count). The van der Waals surface area contributed by atoms with E-state index < -0.39 is 0 Å².